The van der Waals surface area contributed by atoms with Gasteiger partial charge in [-0.15, -0.1) is 0 Å². The molecule has 0 bridgehead atoms. The zero-order valence-electron chi connectivity index (χ0n) is 19.6. The number of hydrogen-bond acceptors (Lipinski definition) is 9. The van der Waals surface area contributed by atoms with E-state index in [0.29, 0.717) is 43.3 Å². The number of aryl methyl sites for hydroxylation is 1. The van der Waals surface area contributed by atoms with Crippen LogP contribution in [0.5, 0.6) is 5.75 Å². The molecule has 0 aliphatic carbocycles. The topological polar surface area (TPSA) is 106 Å². The molecule has 4 heterocycles. The minimum atomic E-state index is -0.476. The Kier molecular flexibility index (Phi) is 6.76. The summed E-state index contributed by atoms with van der Waals surface area (Å²) in [5.74, 6) is 0.960. The molecule has 2 atom stereocenters. The molecule has 2 aliphatic rings. The molecule has 1 aromatic carbocycles. The van der Waals surface area contributed by atoms with Crippen molar-refractivity contribution in [1.82, 2.24) is 20.1 Å². The first-order chi connectivity index (χ1) is 17.0. The van der Waals surface area contributed by atoms with Crippen LogP contribution >= 0.6 is 0 Å². The molecule has 2 saturated heterocycles. The van der Waals surface area contributed by atoms with Crippen molar-refractivity contribution in [3.8, 4) is 5.75 Å². The predicted octanol–water partition coefficient (Wildman–Crippen LogP) is 2.93. The first-order valence-corrected chi connectivity index (χ1v) is 12.0. The van der Waals surface area contributed by atoms with Crippen LogP contribution in [0.4, 0.5) is 20.7 Å². The number of aromatic nitrogens is 4. The number of ether oxygens (including phenoxy) is 1. The van der Waals surface area contributed by atoms with Gasteiger partial charge in [-0.3, -0.25) is 0 Å². The van der Waals surface area contributed by atoms with Gasteiger partial charge in [0.1, 0.15) is 11.6 Å². The average molecular weight is 486 g/mol. The lowest BCUT2D eigenvalue weighted by molar-refractivity contribution is 0.219. The average Bonchev–Trinajstić information content (AvgIpc) is 3.52. The number of piperidine rings is 1. The minimum absolute atomic E-state index is 0.288. The van der Waals surface area contributed by atoms with Crippen LogP contribution < -0.4 is 20.3 Å². The van der Waals surface area contributed by atoms with Crippen molar-refractivity contribution >= 4 is 12.0 Å². The summed E-state index contributed by atoms with van der Waals surface area (Å²) < 4.78 is 39.1. The fourth-order valence-electron chi connectivity index (χ4n) is 4.69. The SMILES string of the molecule is CCc1noc(N2CCC(COc3cnc(N4C[C@H](c5cc(F)ccc5F)[C@@H](N)C4)nc3)CC2)n1. The first-order valence-electron chi connectivity index (χ1n) is 12.0. The zero-order valence-corrected chi connectivity index (χ0v) is 19.6. The van der Waals surface area contributed by atoms with Gasteiger partial charge in [0.25, 0.3) is 0 Å². The lowest BCUT2D eigenvalue weighted by atomic mass is 9.94. The number of rotatable bonds is 7. The molecule has 2 N–H and O–H groups in total. The molecule has 0 saturated carbocycles. The lowest BCUT2D eigenvalue weighted by Crippen LogP contribution is -2.35. The van der Waals surface area contributed by atoms with Crippen molar-refractivity contribution in [3.05, 3.63) is 53.6 Å². The van der Waals surface area contributed by atoms with Gasteiger partial charge in [-0.2, -0.15) is 4.98 Å². The van der Waals surface area contributed by atoms with Gasteiger partial charge in [0.2, 0.25) is 5.95 Å². The Hall–Kier alpha value is -3.34. The summed E-state index contributed by atoms with van der Waals surface area (Å²) in [5, 5.41) is 3.96. The number of hydrogen-bond donors (Lipinski definition) is 1. The van der Waals surface area contributed by atoms with E-state index >= 15 is 0 Å². The van der Waals surface area contributed by atoms with Crippen LogP contribution in [0.15, 0.2) is 35.1 Å². The largest absolute Gasteiger partial charge is 0.490 e. The Balaban J connectivity index is 1.12. The molecular formula is C24H29F2N7O2. The first kappa shape index (κ1) is 23.4. The molecule has 0 amide bonds. The van der Waals surface area contributed by atoms with Crippen LogP contribution in [0.3, 0.4) is 0 Å². The molecule has 0 spiro atoms. The number of benzene rings is 1. The number of nitrogens with two attached hydrogens (primary N) is 1. The molecule has 186 valence electrons. The highest BCUT2D eigenvalue weighted by Crippen LogP contribution is 2.31. The minimum Gasteiger partial charge on any atom is -0.490 e. The van der Waals surface area contributed by atoms with Crippen LogP contribution in [-0.4, -0.2) is 58.9 Å². The third kappa shape index (κ3) is 5.19. The van der Waals surface area contributed by atoms with E-state index in [1.54, 1.807) is 12.4 Å². The zero-order chi connectivity index (χ0) is 24.4. The molecule has 0 radical (unpaired) electrons. The summed E-state index contributed by atoms with van der Waals surface area (Å²) in [6.45, 7) is 5.14. The fraction of sp³-hybridized carbons (Fsp3) is 0.500. The number of halogens is 2. The van der Waals surface area contributed by atoms with E-state index in [0.717, 1.165) is 50.3 Å². The number of anilines is 2. The molecular weight excluding hydrogens is 456 g/mol. The van der Waals surface area contributed by atoms with Gasteiger partial charge in [-0.25, -0.2) is 18.7 Å². The van der Waals surface area contributed by atoms with E-state index in [9.17, 15) is 8.78 Å². The smallest absolute Gasteiger partial charge is 0.324 e. The van der Waals surface area contributed by atoms with Gasteiger partial charge >= 0.3 is 6.01 Å². The standard InChI is InChI=1S/C24H29F2N7O2/c1-2-22-30-24(35-31-22)32-7-5-15(6-8-32)14-34-17-10-28-23(29-11-17)33-12-19(21(27)13-33)18-9-16(25)3-4-20(18)26/h3-4,9-11,15,19,21H,2,5-8,12-14,27H2,1H3/t19-,21+/m1/s1. The van der Waals surface area contributed by atoms with Crippen LogP contribution in [0, 0.1) is 17.6 Å². The molecule has 11 heteroatoms. The third-order valence-electron chi connectivity index (χ3n) is 6.76. The van der Waals surface area contributed by atoms with E-state index in [4.69, 9.17) is 15.0 Å². The Labute approximate surface area is 202 Å². The summed E-state index contributed by atoms with van der Waals surface area (Å²) in [6.07, 6.45) is 5.97. The van der Waals surface area contributed by atoms with Crippen molar-refractivity contribution in [2.75, 3.05) is 42.6 Å². The van der Waals surface area contributed by atoms with Gasteiger partial charge in [0.15, 0.2) is 11.6 Å². The van der Waals surface area contributed by atoms with Gasteiger partial charge < -0.3 is 24.8 Å². The lowest BCUT2D eigenvalue weighted by Gasteiger charge is -2.30. The van der Waals surface area contributed by atoms with E-state index in [-0.39, 0.29) is 17.5 Å². The molecule has 9 nitrogen and oxygen atoms in total. The van der Waals surface area contributed by atoms with Crippen molar-refractivity contribution in [2.24, 2.45) is 11.7 Å². The van der Waals surface area contributed by atoms with Crippen LogP contribution in [0.25, 0.3) is 0 Å². The molecule has 35 heavy (non-hydrogen) atoms. The van der Waals surface area contributed by atoms with Crippen LogP contribution in [-0.2, 0) is 6.42 Å². The molecule has 0 unspecified atom stereocenters. The highest BCUT2D eigenvalue weighted by molar-refractivity contribution is 5.39. The molecule has 2 fully saturated rings. The maximum absolute atomic E-state index is 14.2. The summed E-state index contributed by atoms with van der Waals surface area (Å²) in [4.78, 5) is 17.2. The second-order valence-electron chi connectivity index (χ2n) is 9.15. The second kappa shape index (κ2) is 10.1. The highest BCUT2D eigenvalue weighted by atomic mass is 19.1. The third-order valence-corrected chi connectivity index (χ3v) is 6.76. The van der Waals surface area contributed by atoms with Crippen molar-refractivity contribution in [2.45, 2.75) is 38.1 Å². The summed E-state index contributed by atoms with van der Waals surface area (Å²) >= 11 is 0. The summed E-state index contributed by atoms with van der Waals surface area (Å²) in [5.41, 5.74) is 6.53. The highest BCUT2D eigenvalue weighted by Gasteiger charge is 2.34. The second-order valence-corrected chi connectivity index (χ2v) is 9.15. The van der Waals surface area contributed by atoms with E-state index < -0.39 is 11.6 Å². The predicted molar refractivity (Wildman–Crippen MR) is 125 cm³/mol. The van der Waals surface area contributed by atoms with Gasteiger partial charge in [-0.1, -0.05) is 12.1 Å². The maximum atomic E-state index is 14.2. The van der Waals surface area contributed by atoms with Crippen LogP contribution in [0.2, 0.25) is 0 Å². The summed E-state index contributed by atoms with van der Waals surface area (Å²) in [7, 11) is 0. The van der Waals surface area contributed by atoms with Crippen LogP contribution in [0.1, 0.15) is 37.1 Å². The van der Waals surface area contributed by atoms with Gasteiger partial charge in [0, 0.05) is 44.6 Å². The van der Waals surface area contributed by atoms with Gasteiger partial charge in [0.05, 0.1) is 19.0 Å². The van der Waals surface area contributed by atoms with E-state index in [1.165, 1.54) is 6.07 Å². The summed E-state index contributed by atoms with van der Waals surface area (Å²) in [6, 6.07) is 3.71. The Morgan fingerprint density at radius 3 is 2.60 bits per heavy atom. The monoisotopic (exact) mass is 485 g/mol. The van der Waals surface area contributed by atoms with Gasteiger partial charge in [-0.05, 0) is 42.5 Å². The maximum Gasteiger partial charge on any atom is 0.324 e. The Morgan fingerprint density at radius 1 is 1.11 bits per heavy atom. The van der Waals surface area contributed by atoms with Crippen molar-refractivity contribution in [3.63, 3.8) is 0 Å². The van der Waals surface area contributed by atoms with E-state index in [1.807, 2.05) is 11.8 Å². The quantitative estimate of drug-likeness (QED) is 0.541. The van der Waals surface area contributed by atoms with Crippen molar-refractivity contribution in [1.29, 1.82) is 0 Å². The van der Waals surface area contributed by atoms with Crippen molar-refractivity contribution < 1.29 is 18.0 Å². The van der Waals surface area contributed by atoms with E-state index in [2.05, 4.69) is 25.0 Å². The number of nitrogens with zero attached hydrogens (tertiary/aromatic N) is 6. The Morgan fingerprint density at radius 2 is 1.89 bits per heavy atom. The molecule has 2 aliphatic heterocycles. The normalized spacial score (nSPS) is 21.0. The molecule has 3 aromatic rings. The molecule has 5 rings (SSSR count). The fourth-order valence-corrected chi connectivity index (χ4v) is 4.69. The Bertz CT molecular complexity index is 1140. The molecule has 2 aromatic heterocycles.